The van der Waals surface area contributed by atoms with E-state index in [1.54, 1.807) is 0 Å². The molecule has 0 radical (unpaired) electrons. The summed E-state index contributed by atoms with van der Waals surface area (Å²) in [6.45, 7) is 6.10. The highest BCUT2D eigenvalue weighted by atomic mass is 79.9. The largest absolute Gasteiger partial charge is 0.491 e. The summed E-state index contributed by atoms with van der Waals surface area (Å²) in [6, 6.07) is 14.1. The maximum atomic E-state index is 5.90. The molecule has 4 heteroatoms. The topological polar surface area (TPSA) is 47.3 Å². The van der Waals surface area contributed by atoms with E-state index >= 15 is 0 Å². The quantitative estimate of drug-likeness (QED) is 0.631. The zero-order valence-electron chi connectivity index (χ0n) is 12.6. The first-order chi connectivity index (χ1) is 10.0. The van der Waals surface area contributed by atoms with Gasteiger partial charge in [-0.1, -0.05) is 46.3 Å². The number of aryl methyl sites for hydroxylation is 1. The summed E-state index contributed by atoms with van der Waals surface area (Å²) in [4.78, 5) is 0. The van der Waals surface area contributed by atoms with E-state index in [1.807, 2.05) is 38.1 Å². The molecule has 112 valence electrons. The summed E-state index contributed by atoms with van der Waals surface area (Å²) < 4.78 is 6.93. The Bertz CT molecular complexity index is 613. The molecule has 0 fully saturated rings. The average molecular weight is 349 g/mol. The van der Waals surface area contributed by atoms with Gasteiger partial charge in [0.2, 0.25) is 0 Å². The molecule has 21 heavy (non-hydrogen) atoms. The molecule has 3 N–H and O–H groups in total. The minimum Gasteiger partial charge on any atom is -0.491 e. The van der Waals surface area contributed by atoms with Gasteiger partial charge in [0.05, 0.1) is 12.1 Å². The van der Waals surface area contributed by atoms with Gasteiger partial charge in [-0.3, -0.25) is 5.84 Å². The molecule has 2 aromatic rings. The summed E-state index contributed by atoms with van der Waals surface area (Å²) in [7, 11) is 0. The van der Waals surface area contributed by atoms with Crippen molar-refractivity contribution in [1.82, 2.24) is 5.43 Å². The Morgan fingerprint density at radius 3 is 2.43 bits per heavy atom. The lowest BCUT2D eigenvalue weighted by molar-refractivity contribution is 0.238. The van der Waals surface area contributed by atoms with Crippen LogP contribution in [-0.4, -0.2) is 6.10 Å². The third-order valence-electron chi connectivity index (χ3n) is 3.23. The van der Waals surface area contributed by atoms with Crippen LogP contribution in [0.1, 0.15) is 36.6 Å². The Labute approximate surface area is 134 Å². The number of para-hydroxylation sites is 1. The van der Waals surface area contributed by atoms with Crippen LogP contribution in [0, 0.1) is 6.92 Å². The summed E-state index contributed by atoms with van der Waals surface area (Å²) in [5.41, 5.74) is 6.21. The Balaban J connectivity index is 2.46. The molecule has 0 aromatic heterocycles. The van der Waals surface area contributed by atoms with Gasteiger partial charge in [-0.05, 0) is 44.0 Å². The number of benzene rings is 2. The fraction of sp³-hybridized carbons (Fsp3) is 0.294. The Morgan fingerprint density at radius 2 is 1.81 bits per heavy atom. The maximum Gasteiger partial charge on any atom is 0.124 e. The zero-order chi connectivity index (χ0) is 15.4. The average Bonchev–Trinajstić information content (AvgIpc) is 2.43. The van der Waals surface area contributed by atoms with Crippen LogP contribution in [0.3, 0.4) is 0 Å². The first-order valence-electron chi connectivity index (χ1n) is 7.00. The van der Waals surface area contributed by atoms with Crippen LogP contribution in [0.15, 0.2) is 46.9 Å². The van der Waals surface area contributed by atoms with Crippen molar-refractivity contribution in [1.29, 1.82) is 0 Å². The monoisotopic (exact) mass is 348 g/mol. The molecule has 1 atom stereocenters. The summed E-state index contributed by atoms with van der Waals surface area (Å²) in [6.07, 6.45) is 0.117. The van der Waals surface area contributed by atoms with Crippen molar-refractivity contribution >= 4 is 15.9 Å². The van der Waals surface area contributed by atoms with Gasteiger partial charge >= 0.3 is 0 Å². The second kappa shape index (κ2) is 7.07. The van der Waals surface area contributed by atoms with E-state index in [9.17, 15) is 0 Å². The molecule has 1 unspecified atom stereocenters. The Hall–Kier alpha value is -1.36. The zero-order valence-corrected chi connectivity index (χ0v) is 14.1. The molecule has 0 aliphatic rings. The molecule has 2 rings (SSSR count). The molecule has 0 aliphatic carbocycles. The fourth-order valence-electron chi connectivity index (χ4n) is 2.29. The third-order valence-corrected chi connectivity index (χ3v) is 3.91. The highest BCUT2D eigenvalue weighted by molar-refractivity contribution is 9.10. The third kappa shape index (κ3) is 3.84. The Kier molecular flexibility index (Phi) is 5.39. The molecule has 0 aliphatic heterocycles. The smallest absolute Gasteiger partial charge is 0.124 e. The van der Waals surface area contributed by atoms with Crippen molar-refractivity contribution in [2.75, 3.05) is 0 Å². The molecule has 0 heterocycles. The van der Waals surface area contributed by atoms with E-state index < -0.39 is 0 Å². The SMILES string of the molecule is Cc1ccc(C(NN)c2ccccc2OC(C)C)c(Br)c1. The van der Waals surface area contributed by atoms with E-state index in [1.165, 1.54) is 5.56 Å². The summed E-state index contributed by atoms with van der Waals surface area (Å²) >= 11 is 3.62. The van der Waals surface area contributed by atoms with Gasteiger partial charge in [0.15, 0.2) is 0 Å². The first-order valence-corrected chi connectivity index (χ1v) is 7.80. The van der Waals surface area contributed by atoms with E-state index in [2.05, 4.69) is 46.5 Å². The lowest BCUT2D eigenvalue weighted by Gasteiger charge is -2.22. The van der Waals surface area contributed by atoms with Crippen LogP contribution in [0.5, 0.6) is 5.75 Å². The van der Waals surface area contributed by atoms with Gasteiger partial charge in [0, 0.05) is 10.0 Å². The van der Waals surface area contributed by atoms with Crippen molar-refractivity contribution in [3.63, 3.8) is 0 Å². The van der Waals surface area contributed by atoms with Gasteiger partial charge in [0.25, 0.3) is 0 Å². The number of hydrazine groups is 1. The second-order valence-electron chi connectivity index (χ2n) is 5.33. The van der Waals surface area contributed by atoms with Crippen LogP contribution in [0.4, 0.5) is 0 Å². The van der Waals surface area contributed by atoms with Gasteiger partial charge in [-0.2, -0.15) is 0 Å². The van der Waals surface area contributed by atoms with E-state index in [0.717, 1.165) is 21.3 Å². The molecular weight excluding hydrogens is 328 g/mol. The predicted molar refractivity (Wildman–Crippen MR) is 90.3 cm³/mol. The van der Waals surface area contributed by atoms with Crippen LogP contribution in [-0.2, 0) is 0 Å². The van der Waals surface area contributed by atoms with E-state index in [0.29, 0.717) is 0 Å². The van der Waals surface area contributed by atoms with E-state index in [-0.39, 0.29) is 12.1 Å². The predicted octanol–water partition coefficient (Wildman–Crippen LogP) is 4.10. The Morgan fingerprint density at radius 1 is 1.10 bits per heavy atom. The lowest BCUT2D eigenvalue weighted by Crippen LogP contribution is -2.29. The minimum absolute atomic E-state index is 0.117. The van der Waals surface area contributed by atoms with E-state index in [4.69, 9.17) is 10.6 Å². The molecule has 3 nitrogen and oxygen atoms in total. The van der Waals surface area contributed by atoms with Crippen molar-refractivity contribution in [3.05, 3.63) is 63.6 Å². The standard InChI is InChI=1S/C17H21BrN2O/c1-11(2)21-16-7-5-4-6-14(16)17(20-19)13-9-8-12(3)10-15(13)18/h4-11,17,20H,19H2,1-3H3. The van der Waals surface area contributed by atoms with Gasteiger partial charge < -0.3 is 4.74 Å². The number of rotatable bonds is 5. The van der Waals surface area contributed by atoms with Gasteiger partial charge in [-0.25, -0.2) is 5.43 Å². The molecule has 0 spiro atoms. The van der Waals surface area contributed by atoms with Crippen molar-refractivity contribution < 1.29 is 4.74 Å². The second-order valence-corrected chi connectivity index (χ2v) is 6.18. The highest BCUT2D eigenvalue weighted by Gasteiger charge is 2.19. The van der Waals surface area contributed by atoms with Gasteiger partial charge in [0.1, 0.15) is 5.75 Å². The molecule has 0 bridgehead atoms. The molecule has 0 amide bonds. The van der Waals surface area contributed by atoms with Crippen molar-refractivity contribution in [2.24, 2.45) is 5.84 Å². The van der Waals surface area contributed by atoms with Crippen LogP contribution < -0.4 is 16.0 Å². The highest BCUT2D eigenvalue weighted by Crippen LogP contribution is 2.34. The molecule has 0 saturated heterocycles. The maximum absolute atomic E-state index is 5.90. The first kappa shape index (κ1) is 16.0. The molecule has 0 saturated carbocycles. The number of hydrogen-bond donors (Lipinski definition) is 2. The lowest BCUT2D eigenvalue weighted by atomic mass is 9.97. The van der Waals surface area contributed by atoms with Crippen LogP contribution >= 0.6 is 15.9 Å². The number of hydrogen-bond acceptors (Lipinski definition) is 3. The number of nitrogens with one attached hydrogen (secondary N) is 1. The van der Waals surface area contributed by atoms with Crippen molar-refractivity contribution in [2.45, 2.75) is 32.9 Å². The van der Waals surface area contributed by atoms with Crippen LogP contribution in [0.25, 0.3) is 0 Å². The number of ether oxygens (including phenoxy) is 1. The summed E-state index contributed by atoms with van der Waals surface area (Å²) in [5, 5.41) is 0. The van der Waals surface area contributed by atoms with Crippen molar-refractivity contribution in [3.8, 4) is 5.75 Å². The summed E-state index contributed by atoms with van der Waals surface area (Å²) in [5.74, 6) is 6.67. The number of halogens is 1. The normalized spacial score (nSPS) is 12.5. The van der Waals surface area contributed by atoms with Gasteiger partial charge in [-0.15, -0.1) is 0 Å². The molecule has 2 aromatic carbocycles. The molecular formula is C17H21BrN2O. The fourth-order valence-corrected chi connectivity index (χ4v) is 3.02. The minimum atomic E-state index is -0.130. The number of nitrogens with two attached hydrogens (primary N) is 1. The van der Waals surface area contributed by atoms with Crippen LogP contribution in [0.2, 0.25) is 0 Å².